The molecule has 0 aliphatic heterocycles. The Bertz CT molecular complexity index is 495. The van der Waals surface area contributed by atoms with Gasteiger partial charge in [-0.3, -0.25) is 14.3 Å². The summed E-state index contributed by atoms with van der Waals surface area (Å²) in [5, 5.41) is 13.5. The Morgan fingerprint density at radius 1 is 1.60 bits per heavy atom. The summed E-state index contributed by atoms with van der Waals surface area (Å²) in [5.74, 6) is -1.34. The fourth-order valence-electron chi connectivity index (χ4n) is 2.38. The number of ether oxygens (including phenoxy) is 1. The van der Waals surface area contributed by atoms with Gasteiger partial charge in [-0.05, 0) is 31.7 Å². The molecule has 0 fully saturated rings. The Morgan fingerprint density at radius 3 is 2.90 bits per heavy atom. The number of rotatable bonds is 4. The minimum absolute atomic E-state index is 0. The summed E-state index contributed by atoms with van der Waals surface area (Å²) in [6.07, 6.45) is 3.96. The molecule has 1 heterocycles. The number of carbonyl (C=O) groups excluding carboxylic acids is 1. The molecule has 0 aromatic carbocycles. The molecule has 1 N–H and O–H groups in total. The maximum absolute atomic E-state index is 11.2. The molecule has 0 radical (unpaired) electrons. The molecule has 112 valence electrons. The van der Waals surface area contributed by atoms with E-state index in [1.165, 1.54) is 7.11 Å². The fraction of sp³-hybridized carbons (Fsp3) is 0.643. The maximum atomic E-state index is 11.2. The van der Waals surface area contributed by atoms with Crippen LogP contribution in [0.2, 0.25) is 0 Å². The van der Waals surface area contributed by atoms with Gasteiger partial charge in [-0.1, -0.05) is 7.43 Å². The van der Waals surface area contributed by atoms with E-state index in [4.69, 9.17) is 5.11 Å². The van der Waals surface area contributed by atoms with Crippen molar-refractivity contribution in [3.8, 4) is 0 Å². The lowest BCUT2D eigenvalue weighted by molar-refractivity contribution is -0.142. The molecular weight excluding hydrogens is 260 g/mol. The average molecular weight is 282 g/mol. The highest BCUT2D eigenvalue weighted by Crippen LogP contribution is 2.26. The number of carboxylic acid groups (broad SMARTS) is 1. The molecule has 0 amide bonds. The van der Waals surface area contributed by atoms with Gasteiger partial charge >= 0.3 is 11.9 Å². The molecule has 0 bridgehead atoms. The number of fused-ring (bicyclic) bond motifs is 1. The van der Waals surface area contributed by atoms with Crippen LogP contribution in [0, 0.1) is 5.92 Å². The van der Waals surface area contributed by atoms with Crippen LogP contribution in [0.25, 0.3) is 0 Å². The Kier molecular flexibility index (Phi) is 5.30. The van der Waals surface area contributed by atoms with Crippen LogP contribution in [-0.4, -0.2) is 33.9 Å². The van der Waals surface area contributed by atoms with Crippen LogP contribution in [0.1, 0.15) is 44.5 Å². The molecular formula is C14H22N2O4. The molecule has 6 heteroatoms. The number of carbonyl (C=O) groups is 2. The lowest BCUT2D eigenvalue weighted by Gasteiger charge is -2.16. The Hall–Kier alpha value is -1.85. The number of aryl methyl sites for hydroxylation is 1. The van der Waals surface area contributed by atoms with Crippen LogP contribution in [0.5, 0.6) is 0 Å². The first-order valence-corrected chi connectivity index (χ1v) is 6.37. The van der Waals surface area contributed by atoms with E-state index in [0.29, 0.717) is 19.3 Å². The molecule has 1 aliphatic rings. The van der Waals surface area contributed by atoms with Crippen LogP contribution in [0.15, 0.2) is 6.20 Å². The second-order valence-electron chi connectivity index (χ2n) is 4.99. The number of hydrogen-bond acceptors (Lipinski definition) is 4. The van der Waals surface area contributed by atoms with E-state index in [1.54, 1.807) is 4.68 Å². The molecule has 1 aromatic rings. The van der Waals surface area contributed by atoms with E-state index < -0.39 is 5.97 Å². The third kappa shape index (κ3) is 3.37. The number of methoxy groups -OCH3 is 1. The molecule has 1 aromatic heterocycles. The van der Waals surface area contributed by atoms with Gasteiger partial charge in [0.05, 0.1) is 31.2 Å². The third-order valence-electron chi connectivity index (χ3n) is 3.58. The molecule has 6 nitrogen and oxygen atoms in total. The van der Waals surface area contributed by atoms with Crippen molar-refractivity contribution in [1.29, 1.82) is 0 Å². The van der Waals surface area contributed by atoms with Gasteiger partial charge in [0.2, 0.25) is 0 Å². The van der Waals surface area contributed by atoms with Crippen LogP contribution in [0.3, 0.4) is 0 Å². The topological polar surface area (TPSA) is 81.4 Å². The van der Waals surface area contributed by atoms with Gasteiger partial charge in [0, 0.05) is 6.20 Å². The number of esters is 1. The van der Waals surface area contributed by atoms with E-state index >= 15 is 0 Å². The molecule has 0 spiro atoms. The van der Waals surface area contributed by atoms with Crippen LogP contribution in [0.4, 0.5) is 0 Å². The molecule has 2 atom stereocenters. The van der Waals surface area contributed by atoms with Crippen LogP contribution >= 0.6 is 0 Å². The Balaban J connectivity index is 0.00000200. The van der Waals surface area contributed by atoms with Crippen molar-refractivity contribution in [1.82, 2.24) is 9.78 Å². The van der Waals surface area contributed by atoms with Gasteiger partial charge in [-0.25, -0.2) is 0 Å². The monoisotopic (exact) mass is 282 g/mol. The van der Waals surface area contributed by atoms with Crippen molar-refractivity contribution < 1.29 is 19.4 Å². The quantitative estimate of drug-likeness (QED) is 0.852. The Morgan fingerprint density at radius 2 is 2.30 bits per heavy atom. The molecule has 1 aliphatic carbocycles. The zero-order valence-corrected chi connectivity index (χ0v) is 11.1. The first-order valence-electron chi connectivity index (χ1n) is 6.37. The number of hydrogen-bond donors (Lipinski definition) is 1. The van der Waals surface area contributed by atoms with Crippen molar-refractivity contribution >= 4 is 11.9 Å². The smallest absolute Gasteiger partial charge is 0.307 e. The van der Waals surface area contributed by atoms with Gasteiger partial charge in [0.25, 0.3) is 0 Å². The average Bonchev–Trinajstić information content (AvgIpc) is 2.81. The van der Waals surface area contributed by atoms with Gasteiger partial charge in [-0.15, -0.1) is 0 Å². The van der Waals surface area contributed by atoms with E-state index in [9.17, 15) is 9.59 Å². The van der Waals surface area contributed by atoms with Crippen molar-refractivity contribution in [2.24, 2.45) is 5.92 Å². The van der Waals surface area contributed by atoms with Crippen molar-refractivity contribution in [2.75, 3.05) is 7.11 Å². The maximum Gasteiger partial charge on any atom is 0.307 e. The highest BCUT2D eigenvalue weighted by Gasteiger charge is 2.27. The number of aliphatic carboxylic acids is 1. The first-order chi connectivity index (χ1) is 9.01. The predicted molar refractivity (Wildman–Crippen MR) is 73.5 cm³/mol. The minimum atomic E-state index is -0.749. The van der Waals surface area contributed by atoms with E-state index in [-0.39, 0.29) is 31.8 Å². The number of carboxylic acids is 1. The number of aromatic nitrogens is 2. The molecule has 2 rings (SSSR count). The van der Waals surface area contributed by atoms with Gasteiger partial charge < -0.3 is 9.84 Å². The van der Waals surface area contributed by atoms with Crippen molar-refractivity contribution in [2.45, 2.75) is 46.1 Å². The summed E-state index contributed by atoms with van der Waals surface area (Å²) in [7, 11) is 1.36. The predicted octanol–water partition coefficient (Wildman–Crippen LogP) is 1.83. The Labute approximate surface area is 118 Å². The van der Waals surface area contributed by atoms with Crippen LogP contribution < -0.4 is 0 Å². The number of nitrogens with zero attached hydrogens (tertiary/aromatic N) is 2. The van der Waals surface area contributed by atoms with E-state index in [0.717, 1.165) is 11.3 Å². The summed E-state index contributed by atoms with van der Waals surface area (Å²) in [5.41, 5.74) is 1.93. The summed E-state index contributed by atoms with van der Waals surface area (Å²) < 4.78 is 6.38. The van der Waals surface area contributed by atoms with E-state index in [1.807, 2.05) is 13.1 Å². The van der Waals surface area contributed by atoms with Crippen LogP contribution in [-0.2, 0) is 27.2 Å². The second-order valence-corrected chi connectivity index (χ2v) is 4.99. The molecule has 20 heavy (non-hydrogen) atoms. The summed E-state index contributed by atoms with van der Waals surface area (Å²) in [6, 6.07) is -0.0821. The molecule has 0 saturated heterocycles. The molecule has 0 saturated carbocycles. The van der Waals surface area contributed by atoms with E-state index in [2.05, 4.69) is 9.84 Å². The van der Waals surface area contributed by atoms with Gasteiger partial charge in [-0.2, -0.15) is 5.10 Å². The minimum Gasteiger partial charge on any atom is -0.481 e. The highest BCUT2D eigenvalue weighted by molar-refractivity contribution is 5.71. The second kappa shape index (κ2) is 6.54. The summed E-state index contributed by atoms with van der Waals surface area (Å²) >= 11 is 0. The fourth-order valence-corrected chi connectivity index (χ4v) is 2.38. The largest absolute Gasteiger partial charge is 0.481 e. The third-order valence-corrected chi connectivity index (χ3v) is 3.58. The zero-order valence-electron chi connectivity index (χ0n) is 11.1. The standard InChI is InChI=1S/C13H18N2O4.CH4/c1-8(5-12(16)19-2)15-7-10-6-9(13(17)18)3-4-11(10)14-15;/h7-9H,3-6H2,1-2H3,(H,17,18);1H4. The van der Waals surface area contributed by atoms with Crippen molar-refractivity contribution in [3.05, 3.63) is 17.5 Å². The first kappa shape index (κ1) is 16.2. The lowest BCUT2D eigenvalue weighted by atomic mass is 9.88. The normalized spacial score (nSPS) is 18.6. The molecule has 2 unspecified atom stereocenters. The summed E-state index contributed by atoms with van der Waals surface area (Å²) in [4.78, 5) is 22.2. The highest BCUT2D eigenvalue weighted by atomic mass is 16.5. The summed E-state index contributed by atoms with van der Waals surface area (Å²) in [6.45, 7) is 1.89. The zero-order chi connectivity index (χ0) is 14.0. The van der Waals surface area contributed by atoms with Crippen molar-refractivity contribution in [3.63, 3.8) is 0 Å². The lowest BCUT2D eigenvalue weighted by Crippen LogP contribution is -2.21. The van der Waals surface area contributed by atoms with Gasteiger partial charge in [0.15, 0.2) is 0 Å². The van der Waals surface area contributed by atoms with Gasteiger partial charge in [0.1, 0.15) is 0 Å². The SMILES string of the molecule is C.COC(=O)CC(C)n1cc2c(n1)CCC(C(=O)O)C2.